The van der Waals surface area contributed by atoms with Gasteiger partial charge in [-0.3, -0.25) is 15.1 Å². The summed E-state index contributed by atoms with van der Waals surface area (Å²) in [5.41, 5.74) is 7.39. The number of hydrogen-bond donors (Lipinski definition) is 0. The number of nitro benzene ring substituents is 1. The average Bonchev–Trinajstić information content (AvgIpc) is 3.03. The van der Waals surface area contributed by atoms with Gasteiger partial charge in [-0.1, -0.05) is 12.1 Å². The zero-order chi connectivity index (χ0) is 16.3. The van der Waals surface area contributed by atoms with Gasteiger partial charge in [-0.25, -0.2) is 0 Å². The number of rotatable bonds is 2. The normalized spacial score (nSPS) is 17.8. The molecule has 116 valence electrons. The number of aromatic nitrogens is 1. The lowest BCUT2D eigenvalue weighted by Gasteiger charge is -2.33. The number of non-ortho nitro benzene ring substituents is 1. The first-order valence-electron chi connectivity index (χ1n) is 8.11. The summed E-state index contributed by atoms with van der Waals surface area (Å²) in [7, 11) is 0. The van der Waals surface area contributed by atoms with Crippen molar-refractivity contribution < 1.29 is 4.92 Å². The van der Waals surface area contributed by atoms with E-state index in [1.165, 1.54) is 16.7 Å². The van der Waals surface area contributed by atoms with Crippen LogP contribution >= 0.6 is 0 Å². The van der Waals surface area contributed by atoms with E-state index in [1.54, 1.807) is 12.1 Å². The van der Waals surface area contributed by atoms with E-state index in [0.29, 0.717) is 5.92 Å². The van der Waals surface area contributed by atoms with Crippen molar-refractivity contribution >= 4 is 22.2 Å². The summed E-state index contributed by atoms with van der Waals surface area (Å²) in [5.74, 6) is 0.497. The molecule has 0 radical (unpaired) electrons. The van der Waals surface area contributed by atoms with Crippen LogP contribution in [0, 0.1) is 10.1 Å². The second-order valence-corrected chi connectivity index (χ2v) is 6.38. The quantitative estimate of drug-likeness (QED) is 0.489. The van der Waals surface area contributed by atoms with Gasteiger partial charge in [-0.2, -0.15) is 0 Å². The summed E-state index contributed by atoms with van der Waals surface area (Å²) >= 11 is 0. The highest BCUT2D eigenvalue weighted by molar-refractivity contribution is 6.04. The van der Waals surface area contributed by atoms with Gasteiger partial charge in [0, 0.05) is 35.2 Å². The third-order valence-electron chi connectivity index (χ3n) is 5.16. The van der Waals surface area contributed by atoms with Gasteiger partial charge in [-0.15, -0.1) is 0 Å². The van der Waals surface area contributed by atoms with Crippen molar-refractivity contribution in [1.82, 2.24) is 4.98 Å². The Labute approximate surface area is 138 Å². The predicted octanol–water partition coefficient (Wildman–Crippen LogP) is 5.08. The number of benzene rings is 2. The van der Waals surface area contributed by atoms with Crippen LogP contribution in [0.5, 0.6) is 0 Å². The molecule has 5 rings (SSSR count). The molecule has 0 spiro atoms. The Bertz CT molecular complexity index is 1040. The molecular formula is C20H14N2O2. The molecule has 0 fully saturated rings. The molecule has 0 N–H and O–H groups in total. The Balaban J connectivity index is 1.80. The summed E-state index contributed by atoms with van der Waals surface area (Å²) < 4.78 is 0. The second-order valence-electron chi connectivity index (χ2n) is 6.38. The second kappa shape index (κ2) is 4.74. The molecular weight excluding hydrogens is 300 g/mol. The Morgan fingerprint density at radius 1 is 1.17 bits per heavy atom. The Morgan fingerprint density at radius 3 is 2.79 bits per heavy atom. The minimum absolute atomic E-state index is 0.118. The monoisotopic (exact) mass is 314 g/mol. The van der Waals surface area contributed by atoms with Crippen LogP contribution in [0.4, 0.5) is 5.69 Å². The lowest BCUT2D eigenvalue weighted by atomic mass is 9.70. The average molecular weight is 314 g/mol. The molecule has 2 aliphatic carbocycles. The maximum absolute atomic E-state index is 10.9. The molecule has 2 aromatic carbocycles. The first-order chi connectivity index (χ1) is 11.7. The van der Waals surface area contributed by atoms with Gasteiger partial charge < -0.3 is 0 Å². The van der Waals surface area contributed by atoms with Crippen molar-refractivity contribution in [3.05, 3.63) is 76.0 Å². The van der Waals surface area contributed by atoms with E-state index >= 15 is 0 Å². The number of nitro groups is 1. The SMILES string of the molecule is O=[N+]([O-])c1ccc(-c2c3c(cc4cccnc24)C2=CCCC23)cc1. The van der Waals surface area contributed by atoms with Gasteiger partial charge >= 0.3 is 0 Å². The zero-order valence-electron chi connectivity index (χ0n) is 12.9. The van der Waals surface area contributed by atoms with E-state index in [9.17, 15) is 10.1 Å². The smallest absolute Gasteiger partial charge is 0.258 e. The standard InChI is InChI=1S/C20H14N2O2/c23-22(24)14-8-6-12(7-9-14)18-19-16-5-1-4-15(16)17(19)11-13-3-2-10-21-20(13)18/h2-4,6-11,16H,1,5H2. The molecule has 1 atom stereocenters. The van der Waals surface area contributed by atoms with Crippen molar-refractivity contribution in [3.63, 3.8) is 0 Å². The minimum atomic E-state index is -0.360. The van der Waals surface area contributed by atoms with Crippen molar-refractivity contribution in [2.45, 2.75) is 18.8 Å². The highest BCUT2D eigenvalue weighted by Crippen LogP contribution is 2.57. The molecule has 3 aromatic rings. The van der Waals surface area contributed by atoms with Gasteiger partial charge in [0.2, 0.25) is 0 Å². The fraction of sp³-hybridized carbons (Fsp3) is 0.150. The van der Waals surface area contributed by atoms with Gasteiger partial charge in [0.25, 0.3) is 5.69 Å². The fourth-order valence-electron chi connectivity index (χ4n) is 4.10. The number of allylic oxidation sites excluding steroid dienone is 2. The summed E-state index contributed by atoms with van der Waals surface area (Å²) in [6.45, 7) is 0. The van der Waals surface area contributed by atoms with Crippen LogP contribution < -0.4 is 0 Å². The molecule has 24 heavy (non-hydrogen) atoms. The van der Waals surface area contributed by atoms with Crippen molar-refractivity contribution in [2.24, 2.45) is 0 Å². The molecule has 4 heteroatoms. The predicted molar refractivity (Wildman–Crippen MR) is 93.8 cm³/mol. The van der Waals surface area contributed by atoms with Crippen LogP contribution in [0.25, 0.3) is 27.6 Å². The highest BCUT2D eigenvalue weighted by atomic mass is 16.6. The van der Waals surface area contributed by atoms with E-state index in [-0.39, 0.29) is 10.6 Å². The Morgan fingerprint density at radius 2 is 2.00 bits per heavy atom. The molecule has 1 unspecified atom stereocenters. The van der Waals surface area contributed by atoms with Crippen LogP contribution in [-0.4, -0.2) is 9.91 Å². The van der Waals surface area contributed by atoms with Crippen LogP contribution in [0.2, 0.25) is 0 Å². The molecule has 0 saturated heterocycles. The third-order valence-corrected chi connectivity index (χ3v) is 5.16. The summed E-state index contributed by atoms with van der Waals surface area (Å²) in [6, 6.07) is 13.1. The number of nitrogens with zero attached hydrogens (tertiary/aromatic N) is 2. The molecule has 1 aromatic heterocycles. The highest BCUT2D eigenvalue weighted by Gasteiger charge is 2.38. The summed E-state index contributed by atoms with van der Waals surface area (Å²) in [6.07, 6.45) is 6.43. The maximum Gasteiger partial charge on any atom is 0.269 e. The van der Waals surface area contributed by atoms with Gasteiger partial charge in [0.05, 0.1) is 10.4 Å². The Hall–Kier alpha value is -3.01. The lowest BCUT2D eigenvalue weighted by Crippen LogP contribution is -2.15. The van der Waals surface area contributed by atoms with Crippen LogP contribution in [0.3, 0.4) is 0 Å². The van der Waals surface area contributed by atoms with E-state index in [2.05, 4.69) is 23.2 Å². The van der Waals surface area contributed by atoms with Crippen molar-refractivity contribution in [1.29, 1.82) is 0 Å². The molecule has 0 aliphatic heterocycles. The van der Waals surface area contributed by atoms with Gasteiger partial charge in [0.15, 0.2) is 0 Å². The van der Waals surface area contributed by atoms with E-state index in [4.69, 9.17) is 0 Å². The van der Waals surface area contributed by atoms with Crippen molar-refractivity contribution in [3.8, 4) is 11.1 Å². The van der Waals surface area contributed by atoms with E-state index in [0.717, 1.165) is 34.9 Å². The molecule has 0 amide bonds. The summed E-state index contributed by atoms with van der Waals surface area (Å²) in [5, 5.41) is 12.0. The molecule has 0 saturated carbocycles. The third kappa shape index (κ3) is 1.71. The fourth-order valence-corrected chi connectivity index (χ4v) is 4.10. The summed E-state index contributed by atoms with van der Waals surface area (Å²) in [4.78, 5) is 15.2. The van der Waals surface area contributed by atoms with E-state index in [1.807, 2.05) is 24.4 Å². The van der Waals surface area contributed by atoms with Crippen molar-refractivity contribution in [2.75, 3.05) is 0 Å². The number of hydrogen-bond acceptors (Lipinski definition) is 3. The lowest BCUT2D eigenvalue weighted by molar-refractivity contribution is -0.384. The Kier molecular flexibility index (Phi) is 2.65. The van der Waals surface area contributed by atoms with Gasteiger partial charge in [0.1, 0.15) is 0 Å². The van der Waals surface area contributed by atoms with Crippen LogP contribution in [-0.2, 0) is 0 Å². The van der Waals surface area contributed by atoms with E-state index < -0.39 is 0 Å². The first-order valence-corrected chi connectivity index (χ1v) is 8.11. The molecule has 1 heterocycles. The molecule has 2 aliphatic rings. The maximum atomic E-state index is 10.9. The first kappa shape index (κ1) is 13.4. The molecule has 4 nitrogen and oxygen atoms in total. The largest absolute Gasteiger partial charge is 0.269 e. The minimum Gasteiger partial charge on any atom is -0.258 e. The topological polar surface area (TPSA) is 56.0 Å². The zero-order valence-corrected chi connectivity index (χ0v) is 12.9. The molecule has 0 bridgehead atoms. The number of pyridine rings is 1. The van der Waals surface area contributed by atoms with Crippen LogP contribution in [0.1, 0.15) is 29.9 Å². The number of fused-ring (bicyclic) bond motifs is 5. The van der Waals surface area contributed by atoms with Crippen LogP contribution in [0.15, 0.2) is 54.7 Å². The van der Waals surface area contributed by atoms with Gasteiger partial charge in [-0.05, 0) is 59.4 Å².